The fraction of sp³-hybridized carbons (Fsp3) is 0.182. The first-order chi connectivity index (χ1) is 7.47. The van der Waals surface area contributed by atoms with Gasteiger partial charge in [0.05, 0.1) is 17.5 Å². The molecule has 0 saturated carbocycles. The topological polar surface area (TPSA) is 59.1 Å². The van der Waals surface area contributed by atoms with Crippen LogP contribution in [-0.2, 0) is 10.0 Å². The van der Waals surface area contributed by atoms with E-state index in [4.69, 9.17) is 0 Å². The first-order valence-corrected chi connectivity index (χ1v) is 6.68. The highest BCUT2D eigenvalue weighted by Crippen LogP contribution is 2.24. The Labute approximate surface area is 94.4 Å². The molecule has 2 rings (SSSR count). The van der Waals surface area contributed by atoms with Crippen LogP contribution in [0.15, 0.2) is 30.5 Å². The summed E-state index contributed by atoms with van der Waals surface area (Å²) in [6.45, 7) is 1.94. The molecule has 0 radical (unpaired) electrons. The van der Waals surface area contributed by atoms with Crippen LogP contribution < -0.4 is 4.72 Å². The number of nitrogens with zero attached hydrogens (tertiary/aromatic N) is 1. The molecule has 0 bridgehead atoms. The predicted molar refractivity (Wildman–Crippen MR) is 64.9 cm³/mol. The molecule has 2 aromatic rings. The molecule has 4 nitrogen and oxygen atoms in total. The third-order valence-corrected chi connectivity index (χ3v) is 2.86. The molecule has 0 unspecified atom stereocenters. The molecule has 0 spiro atoms. The van der Waals surface area contributed by atoms with Crippen LogP contribution in [-0.4, -0.2) is 19.7 Å². The third-order valence-electron chi connectivity index (χ3n) is 2.27. The number of benzene rings is 1. The number of aromatic nitrogens is 1. The van der Waals surface area contributed by atoms with Gasteiger partial charge in [-0.05, 0) is 30.7 Å². The van der Waals surface area contributed by atoms with Crippen LogP contribution in [0.5, 0.6) is 0 Å². The monoisotopic (exact) mass is 236 g/mol. The van der Waals surface area contributed by atoms with Gasteiger partial charge in [-0.2, -0.15) is 0 Å². The zero-order valence-electron chi connectivity index (χ0n) is 9.06. The Morgan fingerprint density at radius 1 is 1.25 bits per heavy atom. The van der Waals surface area contributed by atoms with Crippen molar-refractivity contribution in [3.05, 3.63) is 36.0 Å². The fourth-order valence-electron chi connectivity index (χ4n) is 1.60. The van der Waals surface area contributed by atoms with Crippen LogP contribution >= 0.6 is 0 Å². The van der Waals surface area contributed by atoms with Crippen molar-refractivity contribution >= 4 is 26.6 Å². The minimum atomic E-state index is -3.26. The number of fused-ring (bicyclic) bond motifs is 1. The SMILES string of the molecule is Cc1ccc(NS(C)(=O)=O)c2cccnc12. The molecule has 16 heavy (non-hydrogen) atoms. The van der Waals surface area contributed by atoms with Gasteiger partial charge in [0.25, 0.3) is 0 Å². The number of rotatable bonds is 2. The first kappa shape index (κ1) is 10.9. The highest BCUT2D eigenvalue weighted by Gasteiger charge is 2.07. The second-order valence-electron chi connectivity index (χ2n) is 3.70. The number of nitrogens with one attached hydrogen (secondary N) is 1. The van der Waals surface area contributed by atoms with Gasteiger partial charge in [-0.1, -0.05) is 6.07 Å². The molecule has 84 valence electrons. The Morgan fingerprint density at radius 2 is 2.00 bits per heavy atom. The second-order valence-corrected chi connectivity index (χ2v) is 5.45. The molecule has 0 atom stereocenters. The summed E-state index contributed by atoms with van der Waals surface area (Å²) in [6.07, 6.45) is 2.83. The summed E-state index contributed by atoms with van der Waals surface area (Å²) in [5.41, 5.74) is 2.40. The molecule has 0 aliphatic carbocycles. The van der Waals surface area contributed by atoms with Crippen LogP contribution in [0, 0.1) is 6.92 Å². The van der Waals surface area contributed by atoms with E-state index in [0.29, 0.717) is 5.69 Å². The van der Waals surface area contributed by atoms with E-state index >= 15 is 0 Å². The quantitative estimate of drug-likeness (QED) is 0.866. The summed E-state index contributed by atoms with van der Waals surface area (Å²) in [7, 11) is -3.26. The standard InChI is InChI=1S/C11H12N2O2S/c1-8-5-6-10(13-16(2,14)15)9-4-3-7-12-11(8)9/h3-7,13H,1-2H3. The minimum absolute atomic E-state index is 0.566. The summed E-state index contributed by atoms with van der Waals surface area (Å²) in [5, 5.41) is 0.813. The molecule has 0 amide bonds. The van der Waals surface area contributed by atoms with Gasteiger partial charge < -0.3 is 0 Å². The third kappa shape index (κ3) is 2.14. The Bertz CT molecular complexity index is 635. The van der Waals surface area contributed by atoms with Gasteiger partial charge in [-0.25, -0.2) is 8.42 Å². The Balaban J connectivity index is 2.68. The largest absolute Gasteiger partial charge is 0.283 e. The molecular weight excluding hydrogens is 224 g/mol. The zero-order chi connectivity index (χ0) is 11.8. The van der Waals surface area contributed by atoms with Gasteiger partial charge in [-0.15, -0.1) is 0 Å². The lowest BCUT2D eigenvalue weighted by atomic mass is 10.1. The van der Waals surface area contributed by atoms with Crippen molar-refractivity contribution in [2.24, 2.45) is 0 Å². The molecule has 0 saturated heterocycles. The lowest BCUT2D eigenvalue weighted by molar-refractivity contribution is 0.607. The minimum Gasteiger partial charge on any atom is -0.283 e. The summed E-state index contributed by atoms with van der Waals surface area (Å²) >= 11 is 0. The number of hydrogen-bond acceptors (Lipinski definition) is 3. The maximum absolute atomic E-state index is 11.2. The molecule has 1 heterocycles. The smallest absolute Gasteiger partial charge is 0.229 e. The van der Waals surface area contributed by atoms with Gasteiger partial charge in [-0.3, -0.25) is 9.71 Å². The Kier molecular flexibility index (Phi) is 2.55. The van der Waals surface area contributed by atoms with Crippen LogP contribution in [0.25, 0.3) is 10.9 Å². The normalized spacial score (nSPS) is 11.6. The average Bonchev–Trinajstić information content (AvgIpc) is 2.21. The van der Waals surface area contributed by atoms with Crippen molar-refractivity contribution in [2.45, 2.75) is 6.92 Å². The van der Waals surface area contributed by atoms with Gasteiger partial charge in [0, 0.05) is 11.6 Å². The van der Waals surface area contributed by atoms with Crippen LogP contribution in [0.3, 0.4) is 0 Å². The van der Waals surface area contributed by atoms with E-state index in [1.165, 1.54) is 0 Å². The lowest BCUT2D eigenvalue weighted by Gasteiger charge is -2.08. The summed E-state index contributed by atoms with van der Waals surface area (Å²) < 4.78 is 24.9. The number of anilines is 1. The maximum Gasteiger partial charge on any atom is 0.229 e. The number of pyridine rings is 1. The number of sulfonamides is 1. The number of hydrogen-bond donors (Lipinski definition) is 1. The highest BCUT2D eigenvalue weighted by molar-refractivity contribution is 7.92. The summed E-state index contributed by atoms with van der Waals surface area (Å²) in [6, 6.07) is 7.24. The maximum atomic E-state index is 11.2. The highest BCUT2D eigenvalue weighted by atomic mass is 32.2. The predicted octanol–water partition coefficient (Wildman–Crippen LogP) is 1.91. The Morgan fingerprint density at radius 3 is 2.69 bits per heavy atom. The van der Waals surface area contributed by atoms with E-state index in [2.05, 4.69) is 9.71 Å². The van der Waals surface area contributed by atoms with E-state index in [-0.39, 0.29) is 0 Å². The second kappa shape index (κ2) is 3.75. The summed E-state index contributed by atoms with van der Waals surface area (Å²) in [4.78, 5) is 4.24. The first-order valence-electron chi connectivity index (χ1n) is 4.79. The van der Waals surface area contributed by atoms with Gasteiger partial charge in [0.2, 0.25) is 10.0 Å². The zero-order valence-corrected chi connectivity index (χ0v) is 9.88. The molecule has 0 fully saturated rings. The molecule has 1 N–H and O–H groups in total. The molecule has 1 aromatic heterocycles. The van der Waals surface area contributed by atoms with Crippen molar-refractivity contribution in [1.29, 1.82) is 0 Å². The summed E-state index contributed by atoms with van der Waals surface area (Å²) in [5.74, 6) is 0. The van der Waals surface area contributed by atoms with Gasteiger partial charge in [0.15, 0.2) is 0 Å². The van der Waals surface area contributed by atoms with E-state index < -0.39 is 10.0 Å². The van der Waals surface area contributed by atoms with Crippen molar-refractivity contribution in [1.82, 2.24) is 4.98 Å². The molecule has 1 aromatic carbocycles. The van der Waals surface area contributed by atoms with Crippen LogP contribution in [0.4, 0.5) is 5.69 Å². The van der Waals surface area contributed by atoms with Crippen LogP contribution in [0.1, 0.15) is 5.56 Å². The Hall–Kier alpha value is -1.62. The van der Waals surface area contributed by atoms with Crippen molar-refractivity contribution in [3.8, 4) is 0 Å². The fourth-order valence-corrected chi connectivity index (χ4v) is 2.18. The molecule has 5 heteroatoms. The van der Waals surface area contributed by atoms with Crippen LogP contribution in [0.2, 0.25) is 0 Å². The molecular formula is C11H12N2O2S. The lowest BCUT2D eigenvalue weighted by Crippen LogP contribution is -2.10. The molecule has 0 aliphatic rings. The van der Waals surface area contributed by atoms with E-state index in [1.807, 2.05) is 19.1 Å². The van der Waals surface area contributed by atoms with E-state index in [0.717, 1.165) is 22.7 Å². The van der Waals surface area contributed by atoms with Gasteiger partial charge in [0.1, 0.15) is 0 Å². The van der Waals surface area contributed by atoms with E-state index in [1.54, 1.807) is 18.3 Å². The van der Waals surface area contributed by atoms with Crippen molar-refractivity contribution in [3.63, 3.8) is 0 Å². The van der Waals surface area contributed by atoms with Gasteiger partial charge >= 0.3 is 0 Å². The van der Waals surface area contributed by atoms with E-state index in [9.17, 15) is 8.42 Å². The van der Waals surface area contributed by atoms with Crippen molar-refractivity contribution < 1.29 is 8.42 Å². The molecule has 0 aliphatic heterocycles. The number of aryl methyl sites for hydroxylation is 1. The van der Waals surface area contributed by atoms with Crippen molar-refractivity contribution in [2.75, 3.05) is 11.0 Å². The average molecular weight is 236 g/mol.